The lowest BCUT2D eigenvalue weighted by molar-refractivity contribution is -0.142. The maximum atomic E-state index is 12.0. The first kappa shape index (κ1) is 12.2. The number of pyridine rings is 1. The number of nitrogens with zero attached hydrogens (tertiary/aromatic N) is 2. The predicted molar refractivity (Wildman–Crippen MR) is 61.0 cm³/mol. The smallest absolute Gasteiger partial charge is 0.308 e. The molecule has 1 unspecified atom stereocenters. The number of hydrogen-bond donors (Lipinski definition) is 1. The van der Waals surface area contributed by atoms with E-state index in [4.69, 9.17) is 5.11 Å². The van der Waals surface area contributed by atoms with Gasteiger partial charge >= 0.3 is 5.97 Å². The number of aromatic nitrogens is 1. The van der Waals surface area contributed by atoms with E-state index in [-0.39, 0.29) is 17.8 Å². The molecule has 2 heterocycles. The van der Waals surface area contributed by atoms with Gasteiger partial charge in [0.25, 0.3) is 11.8 Å². The Morgan fingerprint density at radius 2 is 2.17 bits per heavy atom. The number of rotatable bonds is 4. The molecule has 0 radical (unpaired) electrons. The van der Waals surface area contributed by atoms with Crippen LogP contribution in [0.5, 0.6) is 0 Å². The van der Waals surface area contributed by atoms with Gasteiger partial charge in [0.2, 0.25) is 0 Å². The minimum atomic E-state index is -1.01. The van der Waals surface area contributed by atoms with Crippen LogP contribution in [0.3, 0.4) is 0 Å². The highest BCUT2D eigenvalue weighted by molar-refractivity contribution is 6.20. The summed E-state index contributed by atoms with van der Waals surface area (Å²) in [5.41, 5.74) is 0.338. The minimum absolute atomic E-state index is 0.0998. The molecule has 6 nitrogen and oxygen atoms in total. The van der Waals surface area contributed by atoms with E-state index in [1.165, 1.54) is 12.3 Å². The van der Waals surface area contributed by atoms with Crippen molar-refractivity contribution in [3.8, 4) is 0 Å². The third-order valence-corrected chi connectivity index (χ3v) is 2.98. The first-order chi connectivity index (χ1) is 8.56. The fourth-order valence-corrected chi connectivity index (χ4v) is 1.88. The normalized spacial score (nSPS) is 15.7. The second kappa shape index (κ2) is 4.56. The van der Waals surface area contributed by atoms with Gasteiger partial charge in [0.05, 0.1) is 11.5 Å². The van der Waals surface area contributed by atoms with E-state index in [1.807, 2.05) is 0 Å². The zero-order valence-corrected chi connectivity index (χ0v) is 9.79. The molecule has 0 saturated heterocycles. The predicted octanol–water partition coefficient (Wildman–Crippen LogP) is 0.788. The molecule has 0 aromatic carbocycles. The van der Waals surface area contributed by atoms with Crippen LogP contribution in [0, 0.1) is 5.92 Å². The molecule has 1 aromatic rings. The summed E-state index contributed by atoms with van der Waals surface area (Å²) < 4.78 is 0. The van der Waals surface area contributed by atoms with E-state index < -0.39 is 23.7 Å². The molecular formula is C12H12N2O4. The van der Waals surface area contributed by atoms with Crippen LogP contribution >= 0.6 is 0 Å². The summed E-state index contributed by atoms with van der Waals surface area (Å²) in [6, 6.07) is 3.09. The average molecular weight is 248 g/mol. The minimum Gasteiger partial charge on any atom is -0.481 e. The van der Waals surface area contributed by atoms with Gasteiger partial charge in [-0.2, -0.15) is 0 Å². The van der Waals surface area contributed by atoms with Crippen molar-refractivity contribution >= 4 is 17.8 Å². The summed E-state index contributed by atoms with van der Waals surface area (Å²) in [6.07, 6.45) is 1.79. The van der Waals surface area contributed by atoms with E-state index in [2.05, 4.69) is 4.98 Å². The number of carbonyl (C=O) groups excluding carboxylic acids is 2. The molecule has 0 aliphatic carbocycles. The molecule has 2 rings (SSSR count). The summed E-state index contributed by atoms with van der Waals surface area (Å²) >= 11 is 0. The number of hydrogen-bond acceptors (Lipinski definition) is 4. The van der Waals surface area contributed by atoms with Crippen molar-refractivity contribution in [2.24, 2.45) is 5.92 Å². The van der Waals surface area contributed by atoms with Crippen LogP contribution in [-0.4, -0.2) is 39.3 Å². The summed E-state index contributed by atoms with van der Waals surface area (Å²) in [7, 11) is 0. The third kappa shape index (κ3) is 1.85. The molecule has 1 aliphatic rings. The monoisotopic (exact) mass is 248 g/mol. The summed E-state index contributed by atoms with van der Waals surface area (Å²) in [6.45, 7) is 1.59. The summed E-state index contributed by atoms with van der Waals surface area (Å²) in [5.74, 6) is -2.74. The number of fused-ring (bicyclic) bond motifs is 1. The Morgan fingerprint density at radius 3 is 2.72 bits per heavy atom. The molecule has 0 bridgehead atoms. The number of aliphatic carboxylic acids is 1. The Labute approximate surface area is 103 Å². The van der Waals surface area contributed by atoms with Crippen LogP contribution in [0.4, 0.5) is 0 Å². The molecule has 1 atom stereocenters. The molecule has 1 aliphatic heterocycles. The SMILES string of the molecule is CCC(CN1C(=O)c2cccnc2C1=O)C(=O)O. The molecular weight excluding hydrogens is 236 g/mol. The molecule has 6 heteroatoms. The van der Waals surface area contributed by atoms with Gasteiger partial charge in [-0.25, -0.2) is 0 Å². The van der Waals surface area contributed by atoms with E-state index in [9.17, 15) is 14.4 Å². The highest BCUT2D eigenvalue weighted by atomic mass is 16.4. The van der Waals surface area contributed by atoms with Gasteiger partial charge in [-0.05, 0) is 18.6 Å². The molecule has 94 valence electrons. The van der Waals surface area contributed by atoms with Gasteiger partial charge in [-0.1, -0.05) is 6.92 Å². The van der Waals surface area contributed by atoms with Crippen molar-refractivity contribution in [2.75, 3.05) is 6.54 Å². The summed E-state index contributed by atoms with van der Waals surface area (Å²) in [4.78, 5) is 39.6. The number of carboxylic acid groups (broad SMARTS) is 1. The second-order valence-electron chi connectivity index (χ2n) is 4.06. The van der Waals surface area contributed by atoms with Crippen LogP contribution in [0.25, 0.3) is 0 Å². The van der Waals surface area contributed by atoms with Crippen molar-refractivity contribution in [2.45, 2.75) is 13.3 Å². The molecule has 1 N–H and O–H groups in total. The molecule has 2 amide bonds. The maximum absolute atomic E-state index is 12.0. The fraction of sp³-hybridized carbons (Fsp3) is 0.333. The molecule has 0 saturated carbocycles. The van der Waals surface area contributed by atoms with Crippen molar-refractivity contribution < 1.29 is 19.5 Å². The Hall–Kier alpha value is -2.24. The topological polar surface area (TPSA) is 87.6 Å². The van der Waals surface area contributed by atoms with Gasteiger partial charge in [-0.3, -0.25) is 24.3 Å². The van der Waals surface area contributed by atoms with Crippen molar-refractivity contribution in [3.63, 3.8) is 0 Å². The standard InChI is InChI=1S/C12H12N2O4/c1-2-7(12(17)18)6-14-10(15)8-4-3-5-13-9(8)11(14)16/h3-5,7H,2,6H2,1H3,(H,17,18). The van der Waals surface area contributed by atoms with Gasteiger partial charge in [0.1, 0.15) is 5.69 Å². The third-order valence-electron chi connectivity index (χ3n) is 2.98. The number of carboxylic acids is 1. The van der Waals surface area contributed by atoms with Gasteiger partial charge in [0.15, 0.2) is 0 Å². The van der Waals surface area contributed by atoms with E-state index in [0.29, 0.717) is 6.42 Å². The Balaban J connectivity index is 2.26. The molecule has 0 fully saturated rings. The number of amides is 2. The highest BCUT2D eigenvalue weighted by Gasteiger charge is 2.38. The first-order valence-electron chi connectivity index (χ1n) is 5.60. The van der Waals surface area contributed by atoms with Crippen molar-refractivity contribution in [1.82, 2.24) is 9.88 Å². The quantitative estimate of drug-likeness (QED) is 0.796. The van der Waals surface area contributed by atoms with Crippen molar-refractivity contribution in [1.29, 1.82) is 0 Å². The van der Waals surface area contributed by atoms with Crippen LogP contribution in [0.2, 0.25) is 0 Å². The van der Waals surface area contributed by atoms with Gasteiger partial charge in [-0.15, -0.1) is 0 Å². The fourth-order valence-electron chi connectivity index (χ4n) is 1.88. The maximum Gasteiger partial charge on any atom is 0.308 e. The van der Waals surface area contributed by atoms with Crippen LogP contribution < -0.4 is 0 Å². The van der Waals surface area contributed by atoms with Crippen LogP contribution in [-0.2, 0) is 4.79 Å². The van der Waals surface area contributed by atoms with Crippen molar-refractivity contribution in [3.05, 3.63) is 29.6 Å². The number of imide groups is 1. The Morgan fingerprint density at radius 1 is 1.44 bits per heavy atom. The first-order valence-corrected chi connectivity index (χ1v) is 5.60. The van der Waals surface area contributed by atoms with Crippen LogP contribution in [0.15, 0.2) is 18.3 Å². The summed E-state index contributed by atoms with van der Waals surface area (Å²) in [5, 5.41) is 8.96. The zero-order chi connectivity index (χ0) is 13.3. The molecule has 18 heavy (non-hydrogen) atoms. The van der Waals surface area contributed by atoms with E-state index in [0.717, 1.165) is 4.90 Å². The molecule has 0 spiro atoms. The van der Waals surface area contributed by atoms with Gasteiger partial charge in [0, 0.05) is 12.7 Å². The largest absolute Gasteiger partial charge is 0.481 e. The van der Waals surface area contributed by atoms with Crippen LogP contribution in [0.1, 0.15) is 34.2 Å². The van der Waals surface area contributed by atoms with Gasteiger partial charge < -0.3 is 5.11 Å². The lowest BCUT2D eigenvalue weighted by Crippen LogP contribution is -2.37. The Bertz CT molecular complexity index is 492. The lowest BCUT2D eigenvalue weighted by atomic mass is 10.1. The lowest BCUT2D eigenvalue weighted by Gasteiger charge is -2.17. The number of carbonyl (C=O) groups is 3. The molecule has 1 aromatic heterocycles. The second-order valence-corrected chi connectivity index (χ2v) is 4.06. The van der Waals surface area contributed by atoms with E-state index in [1.54, 1.807) is 13.0 Å². The highest BCUT2D eigenvalue weighted by Crippen LogP contribution is 2.22. The average Bonchev–Trinajstić information content (AvgIpc) is 2.60. The van der Waals surface area contributed by atoms with E-state index >= 15 is 0 Å². The Kier molecular flexibility index (Phi) is 3.10. The zero-order valence-electron chi connectivity index (χ0n) is 9.79.